The van der Waals surface area contributed by atoms with Crippen molar-refractivity contribution in [3.05, 3.63) is 59.7 Å². The average Bonchev–Trinajstić information content (AvgIpc) is 2.39. The monoisotopic (exact) mass is 318 g/mol. The van der Waals surface area contributed by atoms with E-state index < -0.39 is 20.7 Å². The minimum absolute atomic E-state index is 0.0662. The molecule has 0 heterocycles. The van der Waals surface area contributed by atoms with Crippen molar-refractivity contribution in [2.75, 3.05) is 0 Å². The summed E-state index contributed by atoms with van der Waals surface area (Å²) in [6.45, 7) is -0.170. The Morgan fingerprint density at radius 2 is 1.70 bits per heavy atom. The van der Waals surface area contributed by atoms with Crippen LogP contribution in [-0.2, 0) is 15.7 Å². The van der Waals surface area contributed by atoms with Gasteiger partial charge in [-0.3, -0.25) is 0 Å². The predicted molar refractivity (Wildman–Crippen MR) is 70.2 cm³/mol. The van der Waals surface area contributed by atoms with Crippen LogP contribution in [0.5, 0.6) is 5.75 Å². The third-order valence-electron chi connectivity index (χ3n) is 2.51. The molecule has 2 aromatic rings. The van der Waals surface area contributed by atoms with Crippen molar-refractivity contribution in [3.63, 3.8) is 0 Å². The van der Waals surface area contributed by atoms with Gasteiger partial charge in [0.25, 0.3) is 9.05 Å². The first kappa shape index (κ1) is 14.7. The lowest BCUT2D eigenvalue weighted by Gasteiger charge is -2.07. The molecular formula is C13H9ClF2O3S. The van der Waals surface area contributed by atoms with Crippen LogP contribution in [0.4, 0.5) is 8.78 Å². The van der Waals surface area contributed by atoms with Gasteiger partial charge < -0.3 is 4.74 Å². The molecule has 0 fully saturated rings. The molecule has 0 N–H and O–H groups in total. The van der Waals surface area contributed by atoms with E-state index >= 15 is 0 Å². The maximum atomic E-state index is 13.3. The molecule has 0 aliphatic heterocycles. The van der Waals surface area contributed by atoms with E-state index in [1.165, 1.54) is 24.3 Å². The van der Waals surface area contributed by atoms with Gasteiger partial charge in [-0.25, -0.2) is 17.2 Å². The molecule has 0 saturated heterocycles. The van der Waals surface area contributed by atoms with Crippen molar-refractivity contribution in [1.82, 2.24) is 0 Å². The number of ether oxygens (including phenoxy) is 1. The first-order chi connectivity index (χ1) is 9.36. The van der Waals surface area contributed by atoms with Crippen molar-refractivity contribution >= 4 is 19.7 Å². The molecule has 0 unspecified atom stereocenters. The fraction of sp³-hybridized carbons (Fsp3) is 0.0769. The number of hydrogen-bond donors (Lipinski definition) is 0. The van der Waals surface area contributed by atoms with Gasteiger partial charge in [0.05, 0.1) is 4.90 Å². The van der Waals surface area contributed by atoms with Crippen LogP contribution in [0.15, 0.2) is 47.4 Å². The summed E-state index contributed by atoms with van der Waals surface area (Å²) in [6.07, 6.45) is 0. The van der Waals surface area contributed by atoms with Crippen molar-refractivity contribution < 1.29 is 21.9 Å². The van der Waals surface area contributed by atoms with E-state index in [9.17, 15) is 17.2 Å². The topological polar surface area (TPSA) is 43.4 Å². The van der Waals surface area contributed by atoms with Crippen LogP contribution < -0.4 is 4.74 Å². The third kappa shape index (κ3) is 3.68. The zero-order valence-electron chi connectivity index (χ0n) is 10.0. The summed E-state index contributed by atoms with van der Waals surface area (Å²) in [4.78, 5) is -0.0662. The molecule has 0 radical (unpaired) electrons. The normalized spacial score (nSPS) is 11.3. The van der Waals surface area contributed by atoms with E-state index in [0.717, 1.165) is 18.2 Å². The molecular weight excluding hydrogens is 310 g/mol. The summed E-state index contributed by atoms with van der Waals surface area (Å²) in [6, 6.07) is 8.35. The fourth-order valence-electron chi connectivity index (χ4n) is 1.51. The van der Waals surface area contributed by atoms with Crippen molar-refractivity contribution in [2.24, 2.45) is 0 Å². The molecule has 0 aliphatic rings. The molecule has 0 aromatic heterocycles. The molecule has 106 valence electrons. The van der Waals surface area contributed by atoms with Gasteiger partial charge in [-0.2, -0.15) is 0 Å². The van der Waals surface area contributed by atoms with Crippen LogP contribution >= 0.6 is 10.7 Å². The molecule has 7 heteroatoms. The summed E-state index contributed by atoms with van der Waals surface area (Å²) in [5, 5.41) is 0. The van der Waals surface area contributed by atoms with Crippen LogP contribution in [0.25, 0.3) is 0 Å². The Morgan fingerprint density at radius 1 is 1.05 bits per heavy atom. The SMILES string of the molecule is O=S(=O)(Cl)c1ccc(OCc2cc(F)ccc2F)cc1. The van der Waals surface area contributed by atoms with Gasteiger partial charge in [-0.1, -0.05) is 0 Å². The van der Waals surface area contributed by atoms with Gasteiger partial charge >= 0.3 is 0 Å². The molecule has 3 nitrogen and oxygen atoms in total. The summed E-state index contributed by atoms with van der Waals surface area (Å²) in [5.74, 6) is -0.822. The minimum atomic E-state index is -3.79. The van der Waals surface area contributed by atoms with E-state index in [1.807, 2.05) is 0 Å². The quantitative estimate of drug-likeness (QED) is 0.811. The average molecular weight is 319 g/mol. The van der Waals surface area contributed by atoms with Gasteiger partial charge in [0.15, 0.2) is 0 Å². The van der Waals surface area contributed by atoms with Crippen molar-refractivity contribution in [3.8, 4) is 5.75 Å². The first-order valence-corrected chi connectivity index (χ1v) is 7.78. The summed E-state index contributed by atoms with van der Waals surface area (Å²) < 4.78 is 53.6. The summed E-state index contributed by atoms with van der Waals surface area (Å²) >= 11 is 0. The smallest absolute Gasteiger partial charge is 0.261 e. The second-order valence-electron chi connectivity index (χ2n) is 3.93. The highest BCUT2D eigenvalue weighted by Crippen LogP contribution is 2.20. The highest BCUT2D eigenvalue weighted by molar-refractivity contribution is 8.13. The Balaban J connectivity index is 2.10. The molecule has 0 saturated carbocycles. The highest BCUT2D eigenvalue weighted by atomic mass is 35.7. The van der Waals surface area contributed by atoms with Crippen molar-refractivity contribution in [2.45, 2.75) is 11.5 Å². The first-order valence-electron chi connectivity index (χ1n) is 5.48. The van der Waals surface area contributed by atoms with Gasteiger partial charge in [0.1, 0.15) is 24.0 Å². The van der Waals surface area contributed by atoms with Crippen LogP contribution in [0, 0.1) is 11.6 Å². The van der Waals surface area contributed by atoms with Crippen molar-refractivity contribution in [1.29, 1.82) is 0 Å². The number of hydrogen-bond acceptors (Lipinski definition) is 3. The van der Waals surface area contributed by atoms with E-state index in [0.29, 0.717) is 5.75 Å². The molecule has 0 atom stereocenters. The second kappa shape index (κ2) is 5.76. The van der Waals surface area contributed by atoms with Crippen LogP contribution in [-0.4, -0.2) is 8.42 Å². The van der Waals surface area contributed by atoms with E-state index in [-0.39, 0.29) is 17.1 Å². The Hall–Kier alpha value is -1.66. The van der Waals surface area contributed by atoms with E-state index in [2.05, 4.69) is 0 Å². The summed E-state index contributed by atoms with van der Waals surface area (Å²) in [7, 11) is 1.37. The molecule has 0 bridgehead atoms. The second-order valence-corrected chi connectivity index (χ2v) is 6.50. The highest BCUT2D eigenvalue weighted by Gasteiger charge is 2.10. The van der Waals surface area contributed by atoms with E-state index in [1.54, 1.807) is 0 Å². The third-order valence-corrected chi connectivity index (χ3v) is 3.88. The number of halogens is 3. The number of benzene rings is 2. The Bertz CT molecular complexity index is 715. The molecule has 0 aliphatic carbocycles. The lowest BCUT2D eigenvalue weighted by molar-refractivity contribution is 0.299. The zero-order chi connectivity index (χ0) is 14.8. The Labute approximate surface area is 119 Å². The molecule has 2 aromatic carbocycles. The minimum Gasteiger partial charge on any atom is -0.489 e. The molecule has 20 heavy (non-hydrogen) atoms. The zero-order valence-corrected chi connectivity index (χ0v) is 11.6. The van der Waals surface area contributed by atoms with Crippen LogP contribution in [0.3, 0.4) is 0 Å². The number of rotatable bonds is 4. The molecule has 2 rings (SSSR count). The maximum absolute atomic E-state index is 13.3. The largest absolute Gasteiger partial charge is 0.489 e. The van der Waals surface area contributed by atoms with Crippen LogP contribution in [0.2, 0.25) is 0 Å². The summed E-state index contributed by atoms with van der Waals surface area (Å²) in [5.41, 5.74) is 0.0686. The molecule has 0 spiro atoms. The lowest BCUT2D eigenvalue weighted by atomic mass is 10.2. The fourth-order valence-corrected chi connectivity index (χ4v) is 2.28. The van der Waals surface area contributed by atoms with Gasteiger partial charge in [-0.05, 0) is 42.5 Å². The predicted octanol–water partition coefficient (Wildman–Crippen LogP) is 3.47. The molecule has 0 amide bonds. The Morgan fingerprint density at radius 3 is 2.30 bits per heavy atom. The maximum Gasteiger partial charge on any atom is 0.261 e. The van der Waals surface area contributed by atoms with Gasteiger partial charge in [0, 0.05) is 16.2 Å². The standard InChI is InChI=1S/C13H9ClF2O3S/c14-20(17,18)12-4-2-11(3-5-12)19-8-9-7-10(15)1-6-13(9)16/h1-7H,8H2. The van der Waals surface area contributed by atoms with Crippen LogP contribution in [0.1, 0.15) is 5.56 Å². The lowest BCUT2D eigenvalue weighted by Crippen LogP contribution is -1.99. The Kier molecular flexibility index (Phi) is 4.25. The van der Waals surface area contributed by atoms with Gasteiger partial charge in [-0.15, -0.1) is 0 Å². The van der Waals surface area contributed by atoms with Gasteiger partial charge in [0.2, 0.25) is 0 Å². The van der Waals surface area contributed by atoms with E-state index in [4.69, 9.17) is 15.4 Å².